The number of rotatable bonds is 6. The molecule has 0 fully saturated rings. The first-order valence-corrected chi connectivity index (χ1v) is 5.93. The molecule has 13 heavy (non-hydrogen) atoms. The van der Waals surface area contributed by atoms with E-state index in [0.29, 0.717) is 13.0 Å². The van der Waals surface area contributed by atoms with E-state index in [9.17, 15) is 8.42 Å². The van der Waals surface area contributed by atoms with Gasteiger partial charge >= 0.3 is 0 Å². The summed E-state index contributed by atoms with van der Waals surface area (Å²) in [5.74, 6) is -0.368. The second-order valence-electron chi connectivity index (χ2n) is 2.99. The molecule has 0 amide bonds. The summed E-state index contributed by atoms with van der Waals surface area (Å²) in [6.45, 7) is 2.05. The van der Waals surface area contributed by atoms with E-state index >= 15 is 0 Å². The Kier molecular flexibility index (Phi) is 5.67. The Bertz CT molecular complexity index is 266. The first-order valence-electron chi connectivity index (χ1n) is 4.11. The average Bonchev–Trinajstić information content (AvgIpc) is 2.03. The topological polar surface area (TPSA) is 67.2 Å². The zero-order valence-electron chi connectivity index (χ0n) is 7.99. The number of nitrogens with zero attached hydrogens (tertiary/aromatic N) is 1. The van der Waals surface area contributed by atoms with Crippen LogP contribution in [0, 0.1) is 17.2 Å². The van der Waals surface area contributed by atoms with Crippen molar-refractivity contribution in [3.8, 4) is 6.07 Å². The highest BCUT2D eigenvalue weighted by Crippen LogP contribution is 2.02. The molecule has 0 heterocycles. The molecule has 1 atom stereocenters. The number of sulfone groups is 1. The van der Waals surface area contributed by atoms with Gasteiger partial charge in [-0.2, -0.15) is 5.26 Å². The Morgan fingerprint density at radius 1 is 1.54 bits per heavy atom. The van der Waals surface area contributed by atoms with Gasteiger partial charge in [-0.15, -0.1) is 0 Å². The molecule has 1 unspecified atom stereocenters. The molecule has 0 aliphatic rings. The van der Waals surface area contributed by atoms with E-state index in [0.717, 1.165) is 0 Å². The molecule has 0 aliphatic heterocycles. The number of hydrogen-bond acceptors (Lipinski definition) is 4. The molecule has 0 aromatic carbocycles. The molecule has 0 saturated carbocycles. The van der Waals surface area contributed by atoms with Crippen LogP contribution in [0.4, 0.5) is 0 Å². The fraction of sp³-hybridized carbons (Fsp3) is 0.875. The number of methoxy groups -OCH3 is 1. The first-order chi connectivity index (χ1) is 6.02. The molecule has 0 spiro atoms. The standard InChI is InChI=1S/C8H15NO3S/c1-8(6-9)7-13(10,11)5-3-4-12-2/h8H,3-5,7H2,1-2H3. The molecule has 0 aliphatic carbocycles. The fourth-order valence-corrected chi connectivity index (χ4v) is 2.49. The van der Waals surface area contributed by atoms with Crippen molar-refractivity contribution in [1.82, 2.24) is 0 Å². The predicted molar refractivity (Wildman–Crippen MR) is 49.9 cm³/mol. The molecule has 4 nitrogen and oxygen atoms in total. The first kappa shape index (κ1) is 12.4. The second-order valence-corrected chi connectivity index (χ2v) is 5.22. The van der Waals surface area contributed by atoms with Crippen LogP contribution in [0.15, 0.2) is 0 Å². The summed E-state index contributed by atoms with van der Waals surface area (Å²) in [6, 6.07) is 1.90. The summed E-state index contributed by atoms with van der Waals surface area (Å²) >= 11 is 0. The van der Waals surface area contributed by atoms with Crippen LogP contribution in [0.25, 0.3) is 0 Å². The zero-order chi connectivity index (χ0) is 10.3. The lowest BCUT2D eigenvalue weighted by Gasteiger charge is -2.04. The van der Waals surface area contributed by atoms with E-state index in [4.69, 9.17) is 10.00 Å². The van der Waals surface area contributed by atoms with Crippen molar-refractivity contribution >= 4 is 9.84 Å². The number of ether oxygens (including phenoxy) is 1. The van der Waals surface area contributed by atoms with Crippen LogP contribution < -0.4 is 0 Å². The normalized spacial score (nSPS) is 13.6. The van der Waals surface area contributed by atoms with E-state index in [-0.39, 0.29) is 11.5 Å². The van der Waals surface area contributed by atoms with Crippen molar-refractivity contribution in [3.63, 3.8) is 0 Å². The Hall–Kier alpha value is -0.600. The van der Waals surface area contributed by atoms with Gasteiger partial charge < -0.3 is 4.74 Å². The smallest absolute Gasteiger partial charge is 0.151 e. The third-order valence-electron chi connectivity index (χ3n) is 1.53. The van der Waals surface area contributed by atoms with Crippen molar-refractivity contribution in [2.24, 2.45) is 5.92 Å². The van der Waals surface area contributed by atoms with Crippen LogP contribution in [0.1, 0.15) is 13.3 Å². The van der Waals surface area contributed by atoms with Gasteiger partial charge in [0.15, 0.2) is 9.84 Å². The molecule has 0 rings (SSSR count). The van der Waals surface area contributed by atoms with E-state index in [1.54, 1.807) is 6.92 Å². The third kappa shape index (κ3) is 6.55. The van der Waals surface area contributed by atoms with E-state index in [1.807, 2.05) is 6.07 Å². The molecule has 5 heteroatoms. The summed E-state index contributed by atoms with van der Waals surface area (Å²) in [5.41, 5.74) is 0. The Morgan fingerprint density at radius 3 is 2.62 bits per heavy atom. The number of nitriles is 1. The second kappa shape index (κ2) is 5.95. The van der Waals surface area contributed by atoms with Crippen LogP contribution >= 0.6 is 0 Å². The van der Waals surface area contributed by atoms with E-state index in [2.05, 4.69) is 0 Å². The minimum Gasteiger partial charge on any atom is -0.385 e. The van der Waals surface area contributed by atoms with Crippen LogP contribution in [-0.4, -0.2) is 33.6 Å². The summed E-state index contributed by atoms with van der Waals surface area (Å²) < 4.78 is 27.3. The highest BCUT2D eigenvalue weighted by Gasteiger charge is 2.14. The van der Waals surface area contributed by atoms with Gasteiger partial charge in [-0.1, -0.05) is 0 Å². The molecule has 0 radical (unpaired) electrons. The largest absolute Gasteiger partial charge is 0.385 e. The van der Waals surface area contributed by atoms with E-state index < -0.39 is 15.8 Å². The fourth-order valence-electron chi connectivity index (χ4n) is 0.925. The molecular weight excluding hydrogens is 190 g/mol. The maximum absolute atomic E-state index is 11.3. The molecule has 76 valence electrons. The molecule has 0 saturated heterocycles. The summed E-state index contributed by atoms with van der Waals surface area (Å²) in [6.07, 6.45) is 0.497. The van der Waals surface area contributed by atoms with Gasteiger partial charge in [-0.3, -0.25) is 0 Å². The average molecular weight is 205 g/mol. The minimum absolute atomic E-state index is 0.0484. The van der Waals surface area contributed by atoms with Crippen LogP contribution in [0.2, 0.25) is 0 Å². The van der Waals surface area contributed by atoms with Crippen LogP contribution in [0.3, 0.4) is 0 Å². The minimum atomic E-state index is -3.07. The highest BCUT2D eigenvalue weighted by atomic mass is 32.2. The van der Waals surface area contributed by atoms with Crippen molar-refractivity contribution in [2.45, 2.75) is 13.3 Å². The maximum Gasteiger partial charge on any atom is 0.151 e. The van der Waals surface area contributed by atoms with E-state index in [1.165, 1.54) is 7.11 Å². The lowest BCUT2D eigenvalue weighted by molar-refractivity contribution is 0.199. The van der Waals surface area contributed by atoms with Crippen molar-refractivity contribution in [2.75, 3.05) is 25.2 Å². The van der Waals surface area contributed by atoms with Gasteiger partial charge in [0.2, 0.25) is 0 Å². The Morgan fingerprint density at radius 2 is 2.15 bits per heavy atom. The van der Waals surface area contributed by atoms with Gasteiger partial charge in [-0.25, -0.2) is 8.42 Å². The lowest BCUT2D eigenvalue weighted by atomic mass is 10.3. The predicted octanol–water partition coefficient (Wildman–Crippen LogP) is 0.597. The molecular formula is C8H15NO3S. The van der Waals surface area contributed by atoms with Gasteiger partial charge in [-0.05, 0) is 13.3 Å². The number of hydrogen-bond donors (Lipinski definition) is 0. The van der Waals surface area contributed by atoms with Crippen molar-refractivity contribution in [3.05, 3.63) is 0 Å². The lowest BCUT2D eigenvalue weighted by Crippen LogP contribution is -2.17. The monoisotopic (exact) mass is 205 g/mol. The van der Waals surface area contributed by atoms with Crippen molar-refractivity contribution < 1.29 is 13.2 Å². The van der Waals surface area contributed by atoms with Gasteiger partial charge in [0.25, 0.3) is 0 Å². The quantitative estimate of drug-likeness (QED) is 0.595. The third-order valence-corrected chi connectivity index (χ3v) is 3.45. The van der Waals surface area contributed by atoms with Crippen LogP contribution in [0.5, 0.6) is 0 Å². The summed E-state index contributed by atoms with van der Waals surface area (Å²) in [5, 5.41) is 8.43. The zero-order valence-corrected chi connectivity index (χ0v) is 8.80. The maximum atomic E-state index is 11.3. The molecule has 0 bridgehead atoms. The molecule has 0 aromatic rings. The highest BCUT2D eigenvalue weighted by molar-refractivity contribution is 7.91. The van der Waals surface area contributed by atoms with Crippen molar-refractivity contribution in [1.29, 1.82) is 5.26 Å². The van der Waals surface area contributed by atoms with Crippen LogP contribution in [-0.2, 0) is 14.6 Å². The van der Waals surface area contributed by atoms with Gasteiger partial charge in [0.05, 0.1) is 23.5 Å². The molecule has 0 N–H and O–H groups in total. The molecule has 0 aromatic heterocycles. The Balaban J connectivity index is 3.89. The Labute approximate surface area is 79.4 Å². The van der Waals surface area contributed by atoms with Gasteiger partial charge in [0, 0.05) is 13.7 Å². The summed E-state index contributed by atoms with van der Waals surface area (Å²) in [7, 11) is -1.54. The SMILES string of the molecule is COCCCS(=O)(=O)CC(C)C#N. The summed E-state index contributed by atoms with van der Waals surface area (Å²) in [4.78, 5) is 0. The van der Waals surface area contributed by atoms with Gasteiger partial charge in [0.1, 0.15) is 0 Å².